The highest BCUT2D eigenvalue weighted by atomic mass is 16.2. The number of carbonyl (C=O) groups excluding carboxylic acids is 3. The number of urea groups is 1. The molecule has 2 N–H and O–H groups in total. The van der Waals surface area contributed by atoms with Crippen molar-refractivity contribution in [3.05, 3.63) is 64.7 Å². The van der Waals surface area contributed by atoms with Gasteiger partial charge >= 0.3 is 6.03 Å². The standard InChI is InChI=1S/C24H29N3O3/c1-15-8-7-9-16(2)20(15)25-19(28)14-27-21(29)24(6,26-22(27)30)18-12-10-17(11-13-18)23(3,4)5/h7-13H,14H2,1-6H3,(H,25,28)(H,26,30). The minimum Gasteiger partial charge on any atom is -0.324 e. The van der Waals surface area contributed by atoms with Crippen LogP contribution >= 0.6 is 0 Å². The van der Waals surface area contributed by atoms with Gasteiger partial charge in [-0.05, 0) is 48.4 Å². The van der Waals surface area contributed by atoms with E-state index in [9.17, 15) is 14.4 Å². The largest absolute Gasteiger partial charge is 0.325 e. The smallest absolute Gasteiger partial charge is 0.324 e. The van der Waals surface area contributed by atoms with Crippen molar-refractivity contribution in [3.63, 3.8) is 0 Å². The van der Waals surface area contributed by atoms with Crippen molar-refractivity contribution < 1.29 is 14.4 Å². The average molecular weight is 408 g/mol. The lowest BCUT2D eigenvalue weighted by Crippen LogP contribution is -2.42. The first kappa shape index (κ1) is 21.6. The van der Waals surface area contributed by atoms with Gasteiger partial charge in [0.2, 0.25) is 5.91 Å². The summed E-state index contributed by atoms with van der Waals surface area (Å²) in [5.74, 6) is -0.851. The minimum atomic E-state index is -1.20. The minimum absolute atomic E-state index is 0.0137. The normalized spacial score (nSPS) is 19.1. The molecule has 0 aliphatic carbocycles. The van der Waals surface area contributed by atoms with E-state index in [1.165, 1.54) is 0 Å². The summed E-state index contributed by atoms with van der Waals surface area (Å²) in [6.45, 7) is 11.5. The molecule has 1 atom stereocenters. The van der Waals surface area contributed by atoms with E-state index in [0.717, 1.165) is 21.6 Å². The van der Waals surface area contributed by atoms with Crippen molar-refractivity contribution in [1.29, 1.82) is 0 Å². The molecule has 1 saturated heterocycles. The Hall–Kier alpha value is -3.15. The molecule has 1 heterocycles. The fourth-order valence-electron chi connectivity index (χ4n) is 3.67. The maximum Gasteiger partial charge on any atom is 0.325 e. The first-order valence-electron chi connectivity index (χ1n) is 10.0. The Bertz CT molecular complexity index is 985. The van der Waals surface area contributed by atoms with Gasteiger partial charge in [-0.25, -0.2) is 4.79 Å². The Morgan fingerprint density at radius 2 is 1.60 bits per heavy atom. The number of carbonyl (C=O) groups is 3. The van der Waals surface area contributed by atoms with Gasteiger partial charge in [-0.2, -0.15) is 0 Å². The highest BCUT2D eigenvalue weighted by Gasteiger charge is 2.49. The van der Waals surface area contributed by atoms with Gasteiger partial charge in [0.05, 0.1) is 0 Å². The van der Waals surface area contributed by atoms with E-state index in [1.807, 2.05) is 56.3 Å². The molecule has 3 rings (SSSR count). The van der Waals surface area contributed by atoms with Crippen molar-refractivity contribution in [2.75, 3.05) is 11.9 Å². The van der Waals surface area contributed by atoms with E-state index < -0.39 is 23.4 Å². The fraction of sp³-hybridized carbons (Fsp3) is 0.375. The molecule has 1 aliphatic rings. The molecule has 2 aromatic carbocycles. The SMILES string of the molecule is Cc1cccc(C)c1NC(=O)CN1C(=O)NC(C)(c2ccc(C(C)(C)C)cc2)C1=O. The average Bonchev–Trinajstić information content (AvgIpc) is 2.88. The molecule has 0 bridgehead atoms. The molecular weight excluding hydrogens is 378 g/mol. The van der Waals surface area contributed by atoms with Crippen LogP contribution in [0.25, 0.3) is 0 Å². The van der Waals surface area contributed by atoms with Crippen molar-refractivity contribution in [2.24, 2.45) is 0 Å². The van der Waals surface area contributed by atoms with Crippen LogP contribution in [0.2, 0.25) is 0 Å². The molecule has 0 spiro atoms. The fourth-order valence-corrected chi connectivity index (χ4v) is 3.67. The van der Waals surface area contributed by atoms with Gasteiger partial charge in [-0.15, -0.1) is 0 Å². The molecule has 4 amide bonds. The van der Waals surface area contributed by atoms with Gasteiger partial charge in [-0.3, -0.25) is 14.5 Å². The summed E-state index contributed by atoms with van der Waals surface area (Å²) in [6, 6.07) is 12.8. The maximum absolute atomic E-state index is 13.1. The monoisotopic (exact) mass is 407 g/mol. The molecule has 2 aromatic rings. The Kier molecular flexibility index (Phi) is 5.46. The number of hydrogen-bond donors (Lipinski definition) is 2. The zero-order chi connectivity index (χ0) is 22.3. The van der Waals surface area contributed by atoms with Gasteiger partial charge in [0.25, 0.3) is 5.91 Å². The second kappa shape index (κ2) is 7.59. The van der Waals surface area contributed by atoms with Gasteiger partial charge < -0.3 is 10.6 Å². The number of nitrogens with zero attached hydrogens (tertiary/aromatic N) is 1. The Labute approximate surface area is 177 Å². The third-order valence-electron chi connectivity index (χ3n) is 5.65. The summed E-state index contributed by atoms with van der Waals surface area (Å²) in [7, 11) is 0. The molecule has 1 aliphatic heterocycles. The number of nitrogens with one attached hydrogen (secondary N) is 2. The molecule has 1 fully saturated rings. The van der Waals surface area contributed by atoms with Crippen molar-refractivity contribution >= 4 is 23.5 Å². The van der Waals surface area contributed by atoms with E-state index >= 15 is 0 Å². The first-order valence-corrected chi connectivity index (χ1v) is 10.0. The van der Waals surface area contributed by atoms with Crippen LogP contribution in [0.1, 0.15) is 49.9 Å². The molecule has 30 heavy (non-hydrogen) atoms. The van der Waals surface area contributed by atoms with Gasteiger partial charge in [-0.1, -0.05) is 63.2 Å². The summed E-state index contributed by atoms with van der Waals surface area (Å²) < 4.78 is 0. The van der Waals surface area contributed by atoms with Crippen LogP contribution in [0.5, 0.6) is 0 Å². The summed E-state index contributed by atoms with van der Waals surface area (Å²) in [6.07, 6.45) is 0. The van der Waals surface area contributed by atoms with Gasteiger partial charge in [0, 0.05) is 5.69 Å². The number of aryl methyl sites for hydroxylation is 2. The van der Waals surface area contributed by atoms with Crippen molar-refractivity contribution in [1.82, 2.24) is 10.2 Å². The number of para-hydroxylation sites is 1. The van der Waals surface area contributed by atoms with Crippen LogP contribution in [-0.2, 0) is 20.5 Å². The molecular formula is C24H29N3O3. The quantitative estimate of drug-likeness (QED) is 0.752. The number of hydrogen-bond acceptors (Lipinski definition) is 3. The Morgan fingerprint density at radius 1 is 1.03 bits per heavy atom. The lowest BCUT2D eigenvalue weighted by molar-refractivity contribution is -0.133. The van der Waals surface area contributed by atoms with Crippen LogP contribution in [0.4, 0.5) is 10.5 Å². The van der Waals surface area contributed by atoms with Crippen LogP contribution in [0.3, 0.4) is 0 Å². The van der Waals surface area contributed by atoms with Crippen molar-refractivity contribution in [2.45, 2.75) is 52.5 Å². The predicted octanol–water partition coefficient (Wildman–Crippen LogP) is 4.01. The third kappa shape index (κ3) is 3.95. The zero-order valence-electron chi connectivity index (χ0n) is 18.4. The number of benzene rings is 2. The highest BCUT2D eigenvalue weighted by Crippen LogP contribution is 2.31. The number of amides is 4. The zero-order valence-corrected chi connectivity index (χ0v) is 18.4. The van der Waals surface area contributed by atoms with Crippen molar-refractivity contribution in [3.8, 4) is 0 Å². The first-order chi connectivity index (χ1) is 13.9. The molecule has 158 valence electrons. The molecule has 6 heteroatoms. The number of rotatable bonds is 4. The molecule has 0 aromatic heterocycles. The highest BCUT2D eigenvalue weighted by molar-refractivity contribution is 6.10. The maximum atomic E-state index is 13.1. The lowest BCUT2D eigenvalue weighted by Gasteiger charge is -2.24. The molecule has 0 radical (unpaired) electrons. The summed E-state index contributed by atoms with van der Waals surface area (Å²) in [4.78, 5) is 39.2. The summed E-state index contributed by atoms with van der Waals surface area (Å²) in [5.41, 5.74) is 3.15. The second-order valence-corrected chi connectivity index (χ2v) is 9.09. The van der Waals surface area contributed by atoms with E-state index in [-0.39, 0.29) is 12.0 Å². The number of anilines is 1. The molecule has 1 unspecified atom stereocenters. The van der Waals surface area contributed by atoms with Crippen LogP contribution in [0.15, 0.2) is 42.5 Å². The predicted molar refractivity (Wildman–Crippen MR) is 117 cm³/mol. The number of imide groups is 1. The van der Waals surface area contributed by atoms with Gasteiger partial charge in [0.15, 0.2) is 0 Å². The summed E-state index contributed by atoms with van der Waals surface area (Å²) >= 11 is 0. The van der Waals surface area contributed by atoms with Gasteiger partial charge in [0.1, 0.15) is 12.1 Å². The van der Waals surface area contributed by atoms with Crippen LogP contribution in [0, 0.1) is 13.8 Å². The van der Waals surface area contributed by atoms with E-state index in [4.69, 9.17) is 0 Å². The Balaban J connectivity index is 1.78. The van der Waals surface area contributed by atoms with E-state index in [0.29, 0.717) is 11.3 Å². The lowest BCUT2D eigenvalue weighted by atomic mass is 9.84. The Morgan fingerprint density at radius 3 is 2.13 bits per heavy atom. The van der Waals surface area contributed by atoms with E-state index in [1.54, 1.807) is 6.92 Å². The summed E-state index contributed by atoms with van der Waals surface area (Å²) in [5, 5.41) is 5.58. The van der Waals surface area contributed by atoms with Crippen LogP contribution < -0.4 is 10.6 Å². The third-order valence-corrected chi connectivity index (χ3v) is 5.65. The van der Waals surface area contributed by atoms with E-state index in [2.05, 4.69) is 31.4 Å². The van der Waals surface area contributed by atoms with Crippen LogP contribution in [-0.4, -0.2) is 29.3 Å². The second-order valence-electron chi connectivity index (χ2n) is 9.09. The molecule has 6 nitrogen and oxygen atoms in total. The molecule has 0 saturated carbocycles. The topological polar surface area (TPSA) is 78.5 Å².